The number of aromatic amines is 1. The molecular formula is C19H22N4O. The first-order valence-electron chi connectivity index (χ1n) is 8.26. The maximum absolute atomic E-state index is 12.2. The van der Waals surface area contributed by atoms with E-state index in [4.69, 9.17) is 0 Å². The summed E-state index contributed by atoms with van der Waals surface area (Å²) in [4.78, 5) is 21.8. The predicted molar refractivity (Wildman–Crippen MR) is 98.4 cm³/mol. The van der Waals surface area contributed by atoms with Crippen molar-refractivity contribution in [3.05, 3.63) is 54.4 Å². The van der Waals surface area contributed by atoms with Crippen LogP contribution >= 0.6 is 0 Å². The average Bonchev–Trinajstić information content (AvgIpc) is 3.05. The van der Waals surface area contributed by atoms with Crippen molar-refractivity contribution in [3.8, 4) is 0 Å². The van der Waals surface area contributed by atoms with Gasteiger partial charge in [0.15, 0.2) is 0 Å². The lowest BCUT2D eigenvalue weighted by atomic mass is 10.1. The first-order chi connectivity index (χ1) is 11.7. The average molecular weight is 322 g/mol. The zero-order valence-electron chi connectivity index (χ0n) is 14.0. The van der Waals surface area contributed by atoms with Crippen LogP contribution in [0.1, 0.15) is 19.4 Å². The van der Waals surface area contributed by atoms with Gasteiger partial charge in [0.2, 0.25) is 5.91 Å². The molecule has 0 spiro atoms. The molecule has 0 radical (unpaired) electrons. The number of imidazole rings is 1. The van der Waals surface area contributed by atoms with Crippen LogP contribution in [0.15, 0.2) is 48.8 Å². The van der Waals surface area contributed by atoms with E-state index < -0.39 is 0 Å². The third kappa shape index (κ3) is 3.56. The Labute approximate surface area is 141 Å². The molecule has 0 aliphatic heterocycles. The molecule has 0 saturated carbocycles. The van der Waals surface area contributed by atoms with Gasteiger partial charge in [-0.2, -0.15) is 0 Å². The number of anilines is 2. The van der Waals surface area contributed by atoms with Gasteiger partial charge in [-0.3, -0.25) is 4.79 Å². The highest BCUT2D eigenvalue weighted by Gasteiger charge is 2.07. The number of nitrogens with zero attached hydrogens (tertiary/aromatic N) is 2. The summed E-state index contributed by atoms with van der Waals surface area (Å²) in [5, 5.41) is 2.95. The van der Waals surface area contributed by atoms with E-state index >= 15 is 0 Å². The van der Waals surface area contributed by atoms with Gasteiger partial charge in [-0.15, -0.1) is 0 Å². The SMILES string of the molecule is CCN(CC)c1ccc(NC(=O)Cc2ccc3nc[nH]c3c2)cc1. The number of carbonyl (C=O) groups excluding carboxylic acids is 1. The highest BCUT2D eigenvalue weighted by atomic mass is 16.1. The van der Waals surface area contributed by atoms with E-state index in [0.717, 1.165) is 35.4 Å². The van der Waals surface area contributed by atoms with Crippen LogP contribution in [0.5, 0.6) is 0 Å². The normalized spacial score (nSPS) is 10.8. The van der Waals surface area contributed by atoms with Gasteiger partial charge in [-0.1, -0.05) is 6.07 Å². The lowest BCUT2D eigenvalue weighted by molar-refractivity contribution is -0.115. The van der Waals surface area contributed by atoms with E-state index in [-0.39, 0.29) is 5.91 Å². The zero-order chi connectivity index (χ0) is 16.9. The summed E-state index contributed by atoms with van der Waals surface area (Å²) in [6.07, 6.45) is 2.00. The van der Waals surface area contributed by atoms with Crippen molar-refractivity contribution in [2.24, 2.45) is 0 Å². The third-order valence-electron chi connectivity index (χ3n) is 4.13. The van der Waals surface area contributed by atoms with Crippen molar-refractivity contribution in [2.75, 3.05) is 23.3 Å². The van der Waals surface area contributed by atoms with Crippen molar-refractivity contribution < 1.29 is 4.79 Å². The van der Waals surface area contributed by atoms with Crippen LogP contribution in [0.2, 0.25) is 0 Å². The van der Waals surface area contributed by atoms with Crippen molar-refractivity contribution in [3.63, 3.8) is 0 Å². The number of hydrogen-bond donors (Lipinski definition) is 2. The number of nitrogens with one attached hydrogen (secondary N) is 2. The number of fused-ring (bicyclic) bond motifs is 1. The van der Waals surface area contributed by atoms with E-state index in [9.17, 15) is 4.79 Å². The number of benzene rings is 2. The minimum absolute atomic E-state index is 0.0237. The molecule has 0 aliphatic carbocycles. The van der Waals surface area contributed by atoms with Crippen LogP contribution < -0.4 is 10.2 Å². The highest BCUT2D eigenvalue weighted by molar-refractivity contribution is 5.93. The van der Waals surface area contributed by atoms with Gasteiger partial charge in [-0.05, 0) is 55.8 Å². The summed E-state index contributed by atoms with van der Waals surface area (Å²) in [7, 11) is 0. The predicted octanol–water partition coefficient (Wildman–Crippen LogP) is 3.59. The topological polar surface area (TPSA) is 61.0 Å². The molecule has 0 unspecified atom stereocenters. The molecule has 2 aromatic carbocycles. The fourth-order valence-electron chi connectivity index (χ4n) is 2.83. The van der Waals surface area contributed by atoms with Crippen LogP contribution in [0, 0.1) is 0 Å². The molecule has 1 aromatic heterocycles. The fourth-order valence-corrected chi connectivity index (χ4v) is 2.83. The number of H-pyrrole nitrogens is 1. The number of hydrogen-bond acceptors (Lipinski definition) is 3. The van der Waals surface area contributed by atoms with Gasteiger partial charge >= 0.3 is 0 Å². The number of amides is 1. The van der Waals surface area contributed by atoms with Crippen molar-refractivity contribution in [1.29, 1.82) is 0 Å². The summed E-state index contributed by atoms with van der Waals surface area (Å²) in [6.45, 7) is 6.21. The zero-order valence-corrected chi connectivity index (χ0v) is 14.0. The van der Waals surface area contributed by atoms with Gasteiger partial charge in [-0.25, -0.2) is 4.98 Å². The minimum atomic E-state index is -0.0237. The Morgan fingerprint density at radius 3 is 2.58 bits per heavy atom. The van der Waals surface area contributed by atoms with Gasteiger partial charge in [0.1, 0.15) is 0 Å². The lowest BCUT2D eigenvalue weighted by Gasteiger charge is -2.21. The third-order valence-corrected chi connectivity index (χ3v) is 4.13. The summed E-state index contributed by atoms with van der Waals surface area (Å²) >= 11 is 0. The molecule has 2 N–H and O–H groups in total. The van der Waals surface area contributed by atoms with Crippen LogP contribution in [0.4, 0.5) is 11.4 Å². The van der Waals surface area contributed by atoms with Crippen LogP contribution in [0.3, 0.4) is 0 Å². The number of carbonyl (C=O) groups is 1. The first-order valence-corrected chi connectivity index (χ1v) is 8.26. The molecule has 0 fully saturated rings. The Morgan fingerprint density at radius 1 is 1.12 bits per heavy atom. The molecule has 5 nitrogen and oxygen atoms in total. The summed E-state index contributed by atoms with van der Waals surface area (Å²) < 4.78 is 0. The standard InChI is InChI=1S/C19H22N4O/c1-3-23(4-2)16-8-6-15(7-9-16)22-19(24)12-14-5-10-17-18(11-14)21-13-20-17/h5-11,13H,3-4,12H2,1-2H3,(H,20,21)(H,22,24). The van der Waals surface area contributed by atoms with Gasteiger partial charge in [0.05, 0.1) is 23.8 Å². The largest absolute Gasteiger partial charge is 0.372 e. The van der Waals surface area contributed by atoms with Crippen LogP contribution in [-0.4, -0.2) is 29.0 Å². The van der Waals surface area contributed by atoms with Gasteiger partial charge in [0, 0.05) is 24.5 Å². The molecule has 1 heterocycles. The second kappa shape index (κ2) is 7.17. The van der Waals surface area contributed by atoms with E-state index in [0.29, 0.717) is 6.42 Å². The molecule has 0 atom stereocenters. The number of rotatable bonds is 6. The van der Waals surface area contributed by atoms with Gasteiger partial charge in [0.25, 0.3) is 0 Å². The second-order valence-corrected chi connectivity index (χ2v) is 5.70. The maximum atomic E-state index is 12.2. The van der Waals surface area contributed by atoms with E-state index in [2.05, 4.69) is 34.0 Å². The summed E-state index contributed by atoms with van der Waals surface area (Å²) in [6, 6.07) is 13.8. The molecule has 0 saturated heterocycles. The van der Waals surface area contributed by atoms with Crippen molar-refractivity contribution in [1.82, 2.24) is 9.97 Å². The highest BCUT2D eigenvalue weighted by Crippen LogP contribution is 2.18. The molecule has 24 heavy (non-hydrogen) atoms. The molecule has 1 amide bonds. The van der Waals surface area contributed by atoms with E-state index in [1.54, 1.807) is 6.33 Å². The molecule has 0 aliphatic rings. The van der Waals surface area contributed by atoms with Gasteiger partial charge < -0.3 is 15.2 Å². The van der Waals surface area contributed by atoms with Crippen molar-refractivity contribution >= 4 is 28.3 Å². The van der Waals surface area contributed by atoms with E-state index in [1.165, 1.54) is 5.69 Å². The molecule has 3 rings (SSSR count). The number of aromatic nitrogens is 2. The van der Waals surface area contributed by atoms with E-state index in [1.807, 2.05) is 42.5 Å². The monoisotopic (exact) mass is 322 g/mol. The summed E-state index contributed by atoms with van der Waals surface area (Å²) in [5.41, 5.74) is 4.81. The fraction of sp³-hybridized carbons (Fsp3) is 0.263. The molecule has 5 heteroatoms. The minimum Gasteiger partial charge on any atom is -0.372 e. The summed E-state index contributed by atoms with van der Waals surface area (Å²) in [5.74, 6) is -0.0237. The molecule has 3 aromatic rings. The maximum Gasteiger partial charge on any atom is 0.228 e. The Hall–Kier alpha value is -2.82. The van der Waals surface area contributed by atoms with Crippen LogP contribution in [-0.2, 0) is 11.2 Å². The Balaban J connectivity index is 1.63. The lowest BCUT2D eigenvalue weighted by Crippen LogP contribution is -2.21. The Kier molecular flexibility index (Phi) is 4.79. The smallest absolute Gasteiger partial charge is 0.228 e. The van der Waals surface area contributed by atoms with Crippen LogP contribution in [0.25, 0.3) is 11.0 Å². The molecule has 0 bridgehead atoms. The molecular weight excluding hydrogens is 300 g/mol. The van der Waals surface area contributed by atoms with Crippen molar-refractivity contribution in [2.45, 2.75) is 20.3 Å². The second-order valence-electron chi connectivity index (χ2n) is 5.70. The first kappa shape index (κ1) is 16.1. The Morgan fingerprint density at radius 2 is 1.88 bits per heavy atom. The molecule has 124 valence electrons. The quantitative estimate of drug-likeness (QED) is 0.729. The Bertz CT molecular complexity index is 819.